The Kier molecular flexibility index (Phi) is 4.49. The molecule has 0 aliphatic heterocycles. The van der Waals surface area contributed by atoms with Crippen molar-refractivity contribution in [1.29, 1.82) is 0 Å². The predicted molar refractivity (Wildman–Crippen MR) is 101 cm³/mol. The monoisotopic (exact) mass is 359 g/mol. The number of amides is 1. The van der Waals surface area contributed by atoms with Gasteiger partial charge in [-0.15, -0.1) is 0 Å². The molecule has 0 saturated heterocycles. The van der Waals surface area contributed by atoms with Crippen LogP contribution in [0.3, 0.4) is 0 Å². The predicted octanol–water partition coefficient (Wildman–Crippen LogP) is 2.96. The lowest BCUT2D eigenvalue weighted by molar-refractivity contribution is 0.0946. The minimum atomic E-state index is -0.291. The van der Waals surface area contributed by atoms with Gasteiger partial charge in [0, 0.05) is 12.1 Å². The molecule has 0 radical (unpaired) electrons. The first-order valence-corrected chi connectivity index (χ1v) is 8.43. The molecule has 27 heavy (non-hydrogen) atoms. The Morgan fingerprint density at radius 3 is 2.70 bits per heavy atom. The van der Waals surface area contributed by atoms with Crippen LogP contribution in [-0.2, 0) is 6.54 Å². The minimum absolute atomic E-state index is 0.232. The summed E-state index contributed by atoms with van der Waals surface area (Å²) in [6, 6.07) is 17.2. The Balaban J connectivity index is 1.64. The number of ether oxygens (including phenoxy) is 1. The van der Waals surface area contributed by atoms with E-state index in [0.717, 1.165) is 11.1 Å². The molecule has 0 aliphatic rings. The van der Waals surface area contributed by atoms with Crippen LogP contribution in [0.15, 0.2) is 60.8 Å². The summed E-state index contributed by atoms with van der Waals surface area (Å²) in [6.07, 6.45) is 1.43. The van der Waals surface area contributed by atoms with Crippen molar-refractivity contribution in [2.24, 2.45) is 0 Å². The number of methoxy groups -OCH3 is 1. The summed E-state index contributed by atoms with van der Waals surface area (Å²) in [5, 5.41) is 9.98. The summed E-state index contributed by atoms with van der Waals surface area (Å²) >= 11 is 0. The second-order valence-corrected chi connectivity index (χ2v) is 5.89. The van der Waals surface area contributed by atoms with Crippen LogP contribution in [0.4, 0.5) is 0 Å². The van der Waals surface area contributed by atoms with Crippen molar-refractivity contribution in [3.63, 3.8) is 0 Å². The van der Waals surface area contributed by atoms with E-state index in [0.29, 0.717) is 29.2 Å². The van der Waals surface area contributed by atoms with Crippen LogP contribution in [-0.4, -0.2) is 33.2 Å². The molecule has 1 amide bonds. The molecule has 7 nitrogen and oxygen atoms in total. The van der Waals surface area contributed by atoms with Crippen molar-refractivity contribution >= 4 is 17.1 Å². The van der Waals surface area contributed by atoms with E-state index in [1.807, 2.05) is 54.6 Å². The number of nitrogens with zero attached hydrogens (tertiary/aromatic N) is 3. The number of aromatic amines is 1. The van der Waals surface area contributed by atoms with Crippen LogP contribution in [0.25, 0.3) is 22.4 Å². The van der Waals surface area contributed by atoms with Gasteiger partial charge in [-0.1, -0.05) is 42.5 Å². The van der Waals surface area contributed by atoms with Gasteiger partial charge in [0.25, 0.3) is 5.91 Å². The van der Waals surface area contributed by atoms with Crippen LogP contribution < -0.4 is 10.1 Å². The summed E-state index contributed by atoms with van der Waals surface area (Å²) in [6.45, 7) is 0.421. The first-order valence-electron chi connectivity index (χ1n) is 8.43. The molecule has 2 aromatic carbocycles. The van der Waals surface area contributed by atoms with Gasteiger partial charge in [0.05, 0.1) is 19.0 Å². The largest absolute Gasteiger partial charge is 0.496 e. The van der Waals surface area contributed by atoms with Crippen LogP contribution in [0, 0.1) is 0 Å². The zero-order chi connectivity index (χ0) is 18.6. The summed E-state index contributed by atoms with van der Waals surface area (Å²) in [7, 11) is 1.60. The number of para-hydroxylation sites is 1. The first-order chi connectivity index (χ1) is 13.3. The van der Waals surface area contributed by atoms with Crippen molar-refractivity contribution in [2.75, 3.05) is 7.11 Å². The number of benzene rings is 2. The number of aromatic nitrogens is 4. The molecule has 0 saturated carbocycles. The van der Waals surface area contributed by atoms with Gasteiger partial charge in [-0.05, 0) is 17.7 Å². The third-order valence-corrected chi connectivity index (χ3v) is 4.17. The molecule has 2 N–H and O–H groups in total. The van der Waals surface area contributed by atoms with E-state index in [1.54, 1.807) is 7.11 Å². The average molecular weight is 359 g/mol. The fourth-order valence-corrected chi connectivity index (χ4v) is 2.81. The highest BCUT2D eigenvalue weighted by molar-refractivity contribution is 5.96. The van der Waals surface area contributed by atoms with E-state index in [1.165, 1.54) is 6.20 Å². The van der Waals surface area contributed by atoms with Crippen molar-refractivity contribution in [3.8, 4) is 17.0 Å². The lowest BCUT2D eigenvalue weighted by Gasteiger charge is -2.07. The topological polar surface area (TPSA) is 92.8 Å². The first kappa shape index (κ1) is 16.7. The summed E-state index contributed by atoms with van der Waals surface area (Å²) in [5.41, 5.74) is 3.67. The second-order valence-electron chi connectivity index (χ2n) is 5.89. The maximum atomic E-state index is 12.5. The molecule has 0 fully saturated rings. The maximum Gasteiger partial charge on any atom is 0.271 e. The van der Waals surface area contributed by atoms with Crippen LogP contribution in [0.1, 0.15) is 16.1 Å². The normalized spacial score (nSPS) is 10.7. The van der Waals surface area contributed by atoms with Crippen LogP contribution in [0.2, 0.25) is 0 Å². The fraction of sp³-hybridized carbons (Fsp3) is 0.100. The molecule has 0 spiro atoms. The lowest BCUT2D eigenvalue weighted by Crippen LogP contribution is -2.24. The van der Waals surface area contributed by atoms with Gasteiger partial charge in [-0.3, -0.25) is 9.89 Å². The molecule has 2 aromatic heterocycles. The minimum Gasteiger partial charge on any atom is -0.496 e. The SMILES string of the molecule is COc1ccccc1-c1[nH]nc2ncc(C(=O)NCc3ccccc3)nc12. The summed E-state index contributed by atoms with van der Waals surface area (Å²) < 4.78 is 5.41. The van der Waals surface area contributed by atoms with E-state index in [2.05, 4.69) is 25.5 Å². The number of rotatable bonds is 5. The number of carbonyl (C=O) groups is 1. The van der Waals surface area contributed by atoms with Crippen molar-refractivity contribution in [3.05, 3.63) is 72.1 Å². The molecular weight excluding hydrogens is 342 g/mol. The van der Waals surface area contributed by atoms with E-state index < -0.39 is 0 Å². The lowest BCUT2D eigenvalue weighted by atomic mass is 10.1. The van der Waals surface area contributed by atoms with Crippen LogP contribution in [0.5, 0.6) is 5.75 Å². The number of nitrogens with one attached hydrogen (secondary N) is 2. The standard InChI is InChI=1S/C20H17N5O2/c1-27-16-10-6-5-9-14(16)17-18-19(25-24-17)21-12-15(23-18)20(26)22-11-13-7-3-2-4-8-13/h2-10,12H,11H2,1H3,(H,22,26)(H,21,24,25). The molecule has 134 valence electrons. The molecular formula is C20H17N5O2. The average Bonchev–Trinajstić information content (AvgIpc) is 3.15. The van der Waals surface area contributed by atoms with Gasteiger partial charge in [-0.25, -0.2) is 9.97 Å². The van der Waals surface area contributed by atoms with Gasteiger partial charge < -0.3 is 10.1 Å². The van der Waals surface area contributed by atoms with E-state index in [-0.39, 0.29) is 11.6 Å². The third kappa shape index (κ3) is 3.35. The van der Waals surface area contributed by atoms with Gasteiger partial charge in [0.2, 0.25) is 0 Å². The molecule has 4 rings (SSSR count). The molecule has 4 aromatic rings. The highest BCUT2D eigenvalue weighted by atomic mass is 16.5. The van der Waals surface area contributed by atoms with Crippen molar-refractivity contribution < 1.29 is 9.53 Å². The molecule has 7 heteroatoms. The molecule has 0 unspecified atom stereocenters. The van der Waals surface area contributed by atoms with Gasteiger partial charge in [0.15, 0.2) is 5.65 Å². The number of H-pyrrole nitrogens is 1. The maximum absolute atomic E-state index is 12.5. The second kappa shape index (κ2) is 7.25. The zero-order valence-electron chi connectivity index (χ0n) is 14.6. The van der Waals surface area contributed by atoms with E-state index >= 15 is 0 Å². The van der Waals surface area contributed by atoms with Crippen LogP contribution >= 0.6 is 0 Å². The quantitative estimate of drug-likeness (QED) is 0.571. The highest BCUT2D eigenvalue weighted by Crippen LogP contribution is 2.31. The Morgan fingerprint density at radius 1 is 1.11 bits per heavy atom. The van der Waals surface area contributed by atoms with Crippen molar-refractivity contribution in [1.82, 2.24) is 25.5 Å². The smallest absolute Gasteiger partial charge is 0.271 e. The Morgan fingerprint density at radius 2 is 1.89 bits per heavy atom. The van der Waals surface area contributed by atoms with Gasteiger partial charge >= 0.3 is 0 Å². The summed E-state index contributed by atoms with van der Waals surface area (Å²) in [4.78, 5) is 21.2. The van der Waals surface area contributed by atoms with Gasteiger partial charge in [-0.2, -0.15) is 5.10 Å². The number of hydrogen-bond donors (Lipinski definition) is 2. The Labute approximate surface area is 155 Å². The van der Waals surface area contributed by atoms with E-state index in [4.69, 9.17) is 4.74 Å². The Bertz CT molecular complexity index is 1090. The fourth-order valence-electron chi connectivity index (χ4n) is 2.81. The molecule has 0 aliphatic carbocycles. The number of hydrogen-bond acceptors (Lipinski definition) is 5. The zero-order valence-corrected chi connectivity index (χ0v) is 14.6. The molecule has 0 bridgehead atoms. The van der Waals surface area contributed by atoms with Gasteiger partial charge in [0.1, 0.15) is 17.0 Å². The third-order valence-electron chi connectivity index (χ3n) is 4.17. The van der Waals surface area contributed by atoms with E-state index in [9.17, 15) is 4.79 Å². The Hall–Kier alpha value is -3.74. The number of carbonyl (C=O) groups excluding carboxylic acids is 1. The summed E-state index contributed by atoms with van der Waals surface area (Å²) in [5.74, 6) is 0.393. The number of fused-ring (bicyclic) bond motifs is 1. The highest BCUT2D eigenvalue weighted by Gasteiger charge is 2.17. The molecule has 2 heterocycles. The molecule has 0 atom stereocenters. The van der Waals surface area contributed by atoms with Crippen molar-refractivity contribution in [2.45, 2.75) is 6.54 Å².